The minimum absolute atomic E-state index is 0.112. The molecule has 1 aromatic heterocycles. The number of nitrogens with one attached hydrogen (secondary N) is 1. The first-order chi connectivity index (χ1) is 8.67. The lowest BCUT2D eigenvalue weighted by Gasteiger charge is -2.34. The molecular formula is C12H23N5O. The molecule has 1 saturated heterocycles. The van der Waals surface area contributed by atoms with E-state index in [1.807, 2.05) is 4.68 Å². The predicted octanol–water partition coefficient (Wildman–Crippen LogP) is 1.26. The first kappa shape index (κ1) is 13.4. The highest BCUT2D eigenvalue weighted by Crippen LogP contribution is 2.28. The van der Waals surface area contributed by atoms with Crippen molar-refractivity contribution in [3.63, 3.8) is 0 Å². The van der Waals surface area contributed by atoms with Crippen molar-refractivity contribution in [2.75, 3.05) is 19.8 Å². The molecule has 1 fully saturated rings. The Bertz CT molecular complexity index is 372. The minimum atomic E-state index is -0.112. The van der Waals surface area contributed by atoms with Gasteiger partial charge >= 0.3 is 0 Å². The van der Waals surface area contributed by atoms with Crippen LogP contribution in [0, 0.1) is 0 Å². The third-order valence-electron chi connectivity index (χ3n) is 3.51. The third kappa shape index (κ3) is 2.70. The van der Waals surface area contributed by atoms with Crippen LogP contribution in [0.3, 0.4) is 0 Å². The molecule has 0 aliphatic carbocycles. The molecule has 0 aromatic carbocycles. The number of nitrogens with zero attached hydrogens (tertiary/aromatic N) is 4. The van der Waals surface area contributed by atoms with E-state index in [1.165, 1.54) is 0 Å². The second-order valence-electron chi connectivity index (χ2n) is 5.28. The fourth-order valence-corrected chi connectivity index (χ4v) is 2.39. The van der Waals surface area contributed by atoms with Crippen LogP contribution in [0.25, 0.3) is 0 Å². The number of ether oxygens (including phenoxy) is 1. The summed E-state index contributed by atoms with van der Waals surface area (Å²) in [5.41, 5.74) is -0.112. The topological polar surface area (TPSA) is 64.9 Å². The molecule has 1 aliphatic rings. The van der Waals surface area contributed by atoms with Crippen molar-refractivity contribution in [1.82, 2.24) is 25.5 Å². The van der Waals surface area contributed by atoms with Crippen LogP contribution in [0.2, 0.25) is 0 Å². The Balaban J connectivity index is 2.15. The molecule has 0 amide bonds. The van der Waals surface area contributed by atoms with Crippen LogP contribution in [0.1, 0.15) is 51.9 Å². The lowest BCUT2D eigenvalue weighted by molar-refractivity contribution is 0.000497. The van der Waals surface area contributed by atoms with E-state index in [4.69, 9.17) is 4.74 Å². The van der Waals surface area contributed by atoms with Crippen LogP contribution < -0.4 is 5.32 Å². The van der Waals surface area contributed by atoms with Gasteiger partial charge in [-0.2, -0.15) is 0 Å². The van der Waals surface area contributed by atoms with E-state index in [1.54, 1.807) is 0 Å². The van der Waals surface area contributed by atoms with Gasteiger partial charge in [-0.3, -0.25) is 0 Å². The maximum absolute atomic E-state index is 5.59. The lowest BCUT2D eigenvalue weighted by Crippen LogP contribution is -2.42. The largest absolute Gasteiger partial charge is 0.379 e. The molecule has 1 aliphatic heterocycles. The normalized spacial score (nSPS) is 26.2. The van der Waals surface area contributed by atoms with E-state index in [0.29, 0.717) is 6.61 Å². The average Bonchev–Trinajstić information content (AvgIpc) is 2.87. The molecule has 6 nitrogen and oxygen atoms in total. The Kier molecular flexibility index (Phi) is 4.29. The van der Waals surface area contributed by atoms with Gasteiger partial charge in [0.15, 0.2) is 5.82 Å². The number of aromatic nitrogens is 4. The van der Waals surface area contributed by atoms with Gasteiger partial charge in [0, 0.05) is 6.61 Å². The van der Waals surface area contributed by atoms with E-state index in [2.05, 4.69) is 41.6 Å². The number of hydrogen-bond acceptors (Lipinski definition) is 5. The summed E-state index contributed by atoms with van der Waals surface area (Å²) in [5.74, 6) is 0.899. The van der Waals surface area contributed by atoms with Gasteiger partial charge < -0.3 is 10.1 Å². The first-order valence-electron chi connectivity index (χ1n) is 6.77. The molecule has 0 bridgehead atoms. The van der Waals surface area contributed by atoms with Crippen molar-refractivity contribution in [3.8, 4) is 0 Å². The van der Waals surface area contributed by atoms with Crippen molar-refractivity contribution < 1.29 is 4.74 Å². The highest BCUT2D eigenvalue weighted by atomic mass is 16.5. The SMILES string of the molecule is CCCNC(C)c1nnnn1C1(C)CCCOC1. The molecule has 2 rings (SSSR count). The van der Waals surface area contributed by atoms with Crippen LogP contribution >= 0.6 is 0 Å². The molecule has 0 radical (unpaired) electrons. The van der Waals surface area contributed by atoms with E-state index in [9.17, 15) is 0 Å². The average molecular weight is 253 g/mol. The van der Waals surface area contributed by atoms with Crippen LogP contribution in [-0.2, 0) is 10.3 Å². The quantitative estimate of drug-likeness (QED) is 0.856. The van der Waals surface area contributed by atoms with Gasteiger partial charge in [-0.05, 0) is 50.1 Å². The van der Waals surface area contributed by atoms with E-state index >= 15 is 0 Å². The molecule has 0 spiro atoms. The molecule has 2 unspecified atom stereocenters. The van der Waals surface area contributed by atoms with Gasteiger partial charge in [-0.15, -0.1) is 5.10 Å². The van der Waals surface area contributed by atoms with Crippen molar-refractivity contribution in [1.29, 1.82) is 0 Å². The fourth-order valence-electron chi connectivity index (χ4n) is 2.39. The first-order valence-corrected chi connectivity index (χ1v) is 6.77. The Labute approximate surface area is 108 Å². The highest BCUT2D eigenvalue weighted by molar-refractivity contribution is 4.97. The van der Waals surface area contributed by atoms with Crippen LogP contribution in [0.5, 0.6) is 0 Å². The molecule has 1 aromatic rings. The second kappa shape index (κ2) is 5.75. The van der Waals surface area contributed by atoms with Crippen LogP contribution in [0.15, 0.2) is 0 Å². The third-order valence-corrected chi connectivity index (χ3v) is 3.51. The highest BCUT2D eigenvalue weighted by Gasteiger charge is 2.34. The molecule has 102 valence electrons. The lowest BCUT2D eigenvalue weighted by atomic mass is 9.95. The monoisotopic (exact) mass is 253 g/mol. The van der Waals surface area contributed by atoms with Crippen LogP contribution in [-0.4, -0.2) is 40.0 Å². The van der Waals surface area contributed by atoms with Gasteiger partial charge in [0.2, 0.25) is 0 Å². The Morgan fingerprint density at radius 2 is 2.39 bits per heavy atom. The summed E-state index contributed by atoms with van der Waals surface area (Å²) in [7, 11) is 0. The standard InChI is InChI=1S/C12H23N5O/c1-4-7-13-10(2)11-14-15-16-17(11)12(3)6-5-8-18-9-12/h10,13H,4-9H2,1-3H3. The van der Waals surface area contributed by atoms with Crippen molar-refractivity contribution >= 4 is 0 Å². The maximum Gasteiger partial charge on any atom is 0.168 e. The second-order valence-corrected chi connectivity index (χ2v) is 5.28. The van der Waals surface area contributed by atoms with E-state index in [0.717, 1.165) is 38.2 Å². The summed E-state index contributed by atoms with van der Waals surface area (Å²) < 4.78 is 7.53. The smallest absolute Gasteiger partial charge is 0.168 e. The molecule has 0 saturated carbocycles. The zero-order valence-electron chi connectivity index (χ0n) is 11.5. The van der Waals surface area contributed by atoms with E-state index in [-0.39, 0.29) is 11.6 Å². The summed E-state index contributed by atoms with van der Waals surface area (Å²) in [6, 6.07) is 0.165. The number of hydrogen-bond donors (Lipinski definition) is 1. The fraction of sp³-hybridized carbons (Fsp3) is 0.917. The molecular weight excluding hydrogens is 230 g/mol. The summed E-state index contributed by atoms with van der Waals surface area (Å²) in [4.78, 5) is 0. The molecule has 6 heteroatoms. The van der Waals surface area contributed by atoms with Crippen molar-refractivity contribution in [2.45, 2.75) is 51.6 Å². The van der Waals surface area contributed by atoms with Gasteiger partial charge in [0.25, 0.3) is 0 Å². The molecule has 2 atom stereocenters. The van der Waals surface area contributed by atoms with Gasteiger partial charge in [0.05, 0.1) is 18.2 Å². The van der Waals surface area contributed by atoms with Crippen molar-refractivity contribution in [2.24, 2.45) is 0 Å². The summed E-state index contributed by atoms with van der Waals surface area (Å²) in [6.07, 6.45) is 3.23. The summed E-state index contributed by atoms with van der Waals surface area (Å²) in [6.45, 7) is 8.92. The zero-order valence-corrected chi connectivity index (χ0v) is 11.5. The summed E-state index contributed by atoms with van der Waals surface area (Å²) in [5, 5.41) is 15.6. The molecule has 18 heavy (non-hydrogen) atoms. The predicted molar refractivity (Wildman–Crippen MR) is 68.2 cm³/mol. The van der Waals surface area contributed by atoms with E-state index < -0.39 is 0 Å². The van der Waals surface area contributed by atoms with Gasteiger partial charge in [-0.25, -0.2) is 4.68 Å². The minimum Gasteiger partial charge on any atom is -0.379 e. The van der Waals surface area contributed by atoms with Gasteiger partial charge in [-0.1, -0.05) is 6.92 Å². The molecule has 2 heterocycles. The van der Waals surface area contributed by atoms with Crippen molar-refractivity contribution in [3.05, 3.63) is 5.82 Å². The number of rotatable bonds is 5. The Morgan fingerprint density at radius 3 is 3.06 bits per heavy atom. The summed E-state index contributed by atoms with van der Waals surface area (Å²) >= 11 is 0. The Hall–Kier alpha value is -1.01. The Morgan fingerprint density at radius 1 is 1.56 bits per heavy atom. The molecule has 1 N–H and O–H groups in total. The maximum atomic E-state index is 5.59. The van der Waals surface area contributed by atoms with Crippen LogP contribution in [0.4, 0.5) is 0 Å². The number of tetrazole rings is 1. The van der Waals surface area contributed by atoms with Gasteiger partial charge in [0.1, 0.15) is 0 Å². The zero-order chi connectivity index (χ0) is 13.0.